The first kappa shape index (κ1) is 15.6. The summed E-state index contributed by atoms with van der Waals surface area (Å²) in [6, 6.07) is 7.82. The van der Waals surface area contributed by atoms with Gasteiger partial charge in [-0.1, -0.05) is 30.3 Å². The highest BCUT2D eigenvalue weighted by molar-refractivity contribution is 6.27. The van der Waals surface area contributed by atoms with Crippen LogP contribution in [0.4, 0.5) is 4.39 Å². The number of aromatic nitrogens is 2. The largest absolute Gasteiger partial charge is 0.338 e. The second-order valence-electron chi connectivity index (χ2n) is 5.25. The van der Waals surface area contributed by atoms with Crippen LogP contribution < -0.4 is 0 Å². The van der Waals surface area contributed by atoms with Crippen molar-refractivity contribution >= 4 is 23.1 Å². The minimum Gasteiger partial charge on any atom is -0.338 e. The van der Waals surface area contributed by atoms with Crippen molar-refractivity contribution < 1.29 is 9.18 Å². The van der Waals surface area contributed by atoms with E-state index in [4.69, 9.17) is 11.6 Å². The number of carbonyl (C=O) groups excluding carboxylic acids is 1. The van der Waals surface area contributed by atoms with Gasteiger partial charge in [-0.15, -0.1) is 11.6 Å². The van der Waals surface area contributed by atoms with Crippen molar-refractivity contribution in [2.75, 3.05) is 19.0 Å². The van der Waals surface area contributed by atoms with E-state index in [1.807, 2.05) is 24.3 Å². The topological polar surface area (TPSA) is 46.1 Å². The molecule has 0 spiro atoms. The lowest BCUT2D eigenvalue weighted by atomic mass is 9.98. The number of hydrogen-bond donors (Lipinski definition) is 0. The van der Waals surface area contributed by atoms with Crippen LogP contribution in [0.3, 0.4) is 0 Å². The molecule has 0 atom stereocenters. The van der Waals surface area contributed by atoms with Gasteiger partial charge >= 0.3 is 0 Å². The number of halogens is 2. The molecule has 3 rings (SSSR count). The van der Waals surface area contributed by atoms with Crippen LogP contribution in [0.2, 0.25) is 0 Å². The number of hydrogen-bond acceptors (Lipinski definition) is 3. The zero-order valence-corrected chi connectivity index (χ0v) is 13.1. The number of rotatable bonds is 3. The highest BCUT2D eigenvalue weighted by Crippen LogP contribution is 2.24. The van der Waals surface area contributed by atoms with Gasteiger partial charge in [0.25, 0.3) is 0 Å². The van der Waals surface area contributed by atoms with Gasteiger partial charge in [0.1, 0.15) is 5.88 Å². The Labute approximate surface area is 138 Å². The van der Waals surface area contributed by atoms with Crippen molar-refractivity contribution in [3.05, 3.63) is 54.1 Å². The zero-order valence-electron chi connectivity index (χ0n) is 12.4. The van der Waals surface area contributed by atoms with Gasteiger partial charge in [0.15, 0.2) is 11.6 Å². The maximum Gasteiger partial charge on any atom is 0.237 e. The second kappa shape index (κ2) is 6.87. The van der Waals surface area contributed by atoms with Gasteiger partial charge in [-0.3, -0.25) is 4.79 Å². The van der Waals surface area contributed by atoms with Gasteiger partial charge in [0.05, 0.1) is 12.4 Å². The highest BCUT2D eigenvalue weighted by atomic mass is 35.5. The fourth-order valence-corrected chi connectivity index (χ4v) is 2.71. The molecule has 0 unspecified atom stereocenters. The summed E-state index contributed by atoms with van der Waals surface area (Å²) in [6.45, 7) is 1.27. The van der Waals surface area contributed by atoms with Crippen molar-refractivity contribution in [3.63, 3.8) is 0 Å². The second-order valence-corrected chi connectivity index (χ2v) is 5.52. The van der Waals surface area contributed by atoms with Gasteiger partial charge in [0.2, 0.25) is 5.91 Å². The lowest BCUT2D eigenvalue weighted by Crippen LogP contribution is -2.35. The lowest BCUT2D eigenvalue weighted by Gasteiger charge is -2.26. The van der Waals surface area contributed by atoms with E-state index in [2.05, 4.69) is 16.0 Å². The zero-order chi connectivity index (χ0) is 16.2. The van der Waals surface area contributed by atoms with E-state index in [1.54, 1.807) is 4.90 Å². The predicted octanol–water partition coefficient (Wildman–Crippen LogP) is 3.14. The molecular formula is C17H15ClFN3O. The quantitative estimate of drug-likeness (QED) is 0.812. The van der Waals surface area contributed by atoms with E-state index in [-0.39, 0.29) is 11.8 Å². The Morgan fingerprint density at radius 1 is 1.17 bits per heavy atom. The first-order valence-corrected chi connectivity index (χ1v) is 7.82. The van der Waals surface area contributed by atoms with Crippen molar-refractivity contribution in [1.29, 1.82) is 0 Å². The highest BCUT2D eigenvalue weighted by Gasteiger charge is 2.17. The third-order valence-corrected chi connectivity index (χ3v) is 4.04. The summed E-state index contributed by atoms with van der Waals surface area (Å²) < 4.78 is 12.9. The average molecular weight is 332 g/mol. The third-order valence-electron chi connectivity index (χ3n) is 3.81. The van der Waals surface area contributed by atoms with Crippen LogP contribution in [0.5, 0.6) is 0 Å². The Balaban J connectivity index is 1.74. The standard InChI is InChI=1S/C17H15ClFN3O/c18-9-16(23)22-7-5-13(6-8-22)12-1-3-14(4-2-12)17-20-10-15(19)11-21-17/h1-5,10-11H,6-9H2. The molecule has 1 aliphatic rings. The molecule has 2 heterocycles. The molecule has 0 bridgehead atoms. The van der Waals surface area contributed by atoms with Gasteiger partial charge < -0.3 is 4.90 Å². The van der Waals surface area contributed by atoms with Crippen LogP contribution in [0, 0.1) is 5.82 Å². The van der Waals surface area contributed by atoms with Gasteiger partial charge in [0, 0.05) is 18.7 Å². The minimum atomic E-state index is -0.450. The summed E-state index contributed by atoms with van der Waals surface area (Å²) >= 11 is 5.58. The fourth-order valence-electron chi connectivity index (χ4n) is 2.54. The SMILES string of the molecule is O=C(CCl)N1CC=C(c2ccc(-c3ncc(F)cn3)cc2)CC1. The molecular weight excluding hydrogens is 317 g/mol. The van der Waals surface area contributed by atoms with Crippen LogP contribution in [-0.4, -0.2) is 39.7 Å². The molecule has 1 aromatic heterocycles. The van der Waals surface area contributed by atoms with E-state index in [0.29, 0.717) is 18.9 Å². The van der Waals surface area contributed by atoms with Crippen LogP contribution >= 0.6 is 11.6 Å². The van der Waals surface area contributed by atoms with Gasteiger partial charge in [-0.25, -0.2) is 14.4 Å². The monoisotopic (exact) mass is 331 g/mol. The first-order valence-electron chi connectivity index (χ1n) is 7.28. The fraction of sp³-hybridized carbons (Fsp3) is 0.235. The molecule has 1 aliphatic heterocycles. The van der Waals surface area contributed by atoms with Crippen molar-refractivity contribution in [2.24, 2.45) is 0 Å². The van der Waals surface area contributed by atoms with Crippen LogP contribution in [-0.2, 0) is 4.79 Å². The van der Waals surface area contributed by atoms with E-state index in [1.165, 1.54) is 5.57 Å². The lowest BCUT2D eigenvalue weighted by molar-refractivity contribution is -0.128. The van der Waals surface area contributed by atoms with Crippen LogP contribution in [0.1, 0.15) is 12.0 Å². The van der Waals surface area contributed by atoms with Crippen LogP contribution in [0.15, 0.2) is 42.7 Å². The molecule has 2 aromatic rings. The van der Waals surface area contributed by atoms with E-state index in [0.717, 1.165) is 29.9 Å². The smallest absolute Gasteiger partial charge is 0.237 e. The van der Waals surface area contributed by atoms with E-state index < -0.39 is 5.82 Å². The Bertz CT molecular complexity index is 729. The Hall–Kier alpha value is -2.27. The summed E-state index contributed by atoms with van der Waals surface area (Å²) in [4.78, 5) is 21.3. The average Bonchev–Trinajstić information content (AvgIpc) is 2.62. The predicted molar refractivity (Wildman–Crippen MR) is 87.3 cm³/mol. The van der Waals surface area contributed by atoms with Crippen LogP contribution in [0.25, 0.3) is 17.0 Å². The maximum absolute atomic E-state index is 12.9. The molecule has 0 N–H and O–H groups in total. The Morgan fingerprint density at radius 3 is 2.39 bits per heavy atom. The molecule has 0 saturated carbocycles. The summed E-state index contributed by atoms with van der Waals surface area (Å²) in [5, 5.41) is 0. The molecule has 23 heavy (non-hydrogen) atoms. The Kier molecular flexibility index (Phi) is 4.67. The number of amides is 1. The van der Waals surface area contributed by atoms with E-state index >= 15 is 0 Å². The first-order chi connectivity index (χ1) is 11.2. The minimum absolute atomic E-state index is 0.0234. The van der Waals surface area contributed by atoms with Crippen molar-refractivity contribution in [2.45, 2.75) is 6.42 Å². The summed E-state index contributed by atoms with van der Waals surface area (Å²) in [5.74, 6) is 0.0317. The molecule has 1 aromatic carbocycles. The number of alkyl halides is 1. The van der Waals surface area contributed by atoms with Crippen molar-refractivity contribution in [3.8, 4) is 11.4 Å². The summed E-state index contributed by atoms with van der Waals surface area (Å²) in [5.41, 5.74) is 3.15. The van der Waals surface area contributed by atoms with Crippen molar-refractivity contribution in [1.82, 2.24) is 14.9 Å². The molecule has 0 aliphatic carbocycles. The molecule has 118 valence electrons. The third kappa shape index (κ3) is 3.56. The number of benzene rings is 1. The molecule has 0 fully saturated rings. The molecule has 6 heteroatoms. The van der Waals surface area contributed by atoms with Gasteiger partial charge in [-0.05, 0) is 17.6 Å². The maximum atomic E-state index is 12.9. The molecule has 4 nitrogen and oxygen atoms in total. The molecule has 0 saturated heterocycles. The number of carbonyl (C=O) groups is 1. The summed E-state index contributed by atoms with van der Waals surface area (Å²) in [7, 11) is 0. The van der Waals surface area contributed by atoms with Gasteiger partial charge in [-0.2, -0.15) is 0 Å². The molecule has 0 radical (unpaired) electrons. The molecule has 1 amide bonds. The summed E-state index contributed by atoms with van der Waals surface area (Å²) in [6.07, 6.45) is 5.16. The Morgan fingerprint density at radius 2 is 1.83 bits per heavy atom. The number of nitrogens with zero attached hydrogens (tertiary/aromatic N) is 3. The normalized spacial score (nSPS) is 14.5. The van der Waals surface area contributed by atoms with E-state index in [9.17, 15) is 9.18 Å².